The molecule has 2 amide bonds. The Morgan fingerprint density at radius 1 is 1.33 bits per heavy atom. The fourth-order valence-electron chi connectivity index (χ4n) is 0.210. The molecule has 0 fully saturated rings. The second-order valence-corrected chi connectivity index (χ2v) is 1.17. The number of rotatable bonds is 0. The fraction of sp³-hybridized carbons (Fsp3) is 0. The van der Waals surface area contributed by atoms with Gasteiger partial charge in [0, 0.05) is 0 Å². The summed E-state index contributed by atoms with van der Waals surface area (Å²) in [6.45, 7) is 0. The molecule has 1 aromatic rings. The van der Waals surface area contributed by atoms with E-state index in [1.54, 1.807) is 0 Å². The van der Waals surface area contributed by atoms with Crippen LogP contribution < -0.4 is 17.2 Å². The summed E-state index contributed by atoms with van der Waals surface area (Å²) in [6, 6.07) is 0. The molecule has 0 spiro atoms. The molecule has 12 heavy (non-hydrogen) atoms. The van der Waals surface area contributed by atoms with Gasteiger partial charge >= 0.3 is 0 Å². The first-order valence-corrected chi connectivity index (χ1v) is 2.65. The molecule has 0 saturated heterocycles. The number of nitrogens with zero attached hydrogens (tertiary/aromatic N) is 2. The summed E-state index contributed by atoms with van der Waals surface area (Å²) in [4.78, 5) is 17.2. The summed E-state index contributed by atoms with van der Waals surface area (Å²) in [6.07, 6.45) is 2.01. The third kappa shape index (κ3) is 15.7. The van der Waals surface area contributed by atoms with Crippen molar-refractivity contribution in [1.82, 2.24) is 15.4 Å². The third-order valence-electron chi connectivity index (χ3n) is 0.436. The quantitative estimate of drug-likeness (QED) is 0.322. The number of nitrogens with two attached hydrogens (primary N) is 3. The number of primary amides is 2. The molecule has 8 nitrogen and oxygen atoms in total. The summed E-state index contributed by atoms with van der Waals surface area (Å²) in [5.74, 6) is 0.426. The number of nitrogens with one attached hydrogen (secondary N) is 1. The topological polar surface area (TPSA) is 154 Å². The van der Waals surface area contributed by atoms with Crippen molar-refractivity contribution in [2.45, 2.75) is 0 Å². The largest absolute Gasteiger partial charge is 0.381 e. The van der Waals surface area contributed by atoms with Gasteiger partial charge in [-0.05, 0) is 0 Å². The lowest BCUT2D eigenvalue weighted by Crippen LogP contribution is -1.82. The first-order chi connectivity index (χ1) is 5.72. The number of hydrogen-bond acceptors (Lipinski definition) is 5. The number of hydrogen-bond donors (Lipinski definition) is 4. The minimum absolute atomic E-state index is 0.250. The van der Waals surface area contributed by atoms with Gasteiger partial charge in [0.25, 0.3) is 0 Å². The van der Waals surface area contributed by atoms with Crippen LogP contribution in [0.5, 0.6) is 0 Å². The van der Waals surface area contributed by atoms with Crippen molar-refractivity contribution in [2.24, 2.45) is 11.5 Å². The molecular weight excluding hydrogens is 164 g/mol. The first kappa shape index (κ1) is 12.5. The van der Waals surface area contributed by atoms with Gasteiger partial charge in [-0.3, -0.25) is 14.7 Å². The highest BCUT2D eigenvalue weighted by atomic mass is 16.1. The van der Waals surface area contributed by atoms with Gasteiger partial charge in [-0.15, -0.1) is 5.10 Å². The van der Waals surface area contributed by atoms with E-state index in [1.807, 2.05) is 0 Å². The van der Waals surface area contributed by atoms with E-state index in [9.17, 15) is 0 Å². The van der Waals surface area contributed by atoms with Gasteiger partial charge in [0.05, 0.1) is 6.20 Å². The molecule has 68 valence electrons. The normalized spacial score (nSPS) is 6.33. The Bertz CT molecular complexity index is 179. The monoisotopic (exact) mass is 174 g/mol. The van der Waals surface area contributed by atoms with Crippen molar-refractivity contribution in [1.29, 1.82) is 0 Å². The smallest absolute Gasteiger partial charge is 0.204 e. The molecule has 0 saturated carbocycles. The van der Waals surface area contributed by atoms with E-state index in [2.05, 4.69) is 26.9 Å². The predicted molar refractivity (Wildman–Crippen MR) is 41.3 cm³/mol. The highest BCUT2D eigenvalue weighted by molar-refractivity contribution is 5.42. The van der Waals surface area contributed by atoms with Crippen LogP contribution in [0.1, 0.15) is 0 Å². The lowest BCUT2D eigenvalue weighted by atomic mass is 10.8. The fourth-order valence-corrected chi connectivity index (χ4v) is 0.210. The summed E-state index contributed by atoms with van der Waals surface area (Å²) in [5.41, 5.74) is 13.4. The van der Waals surface area contributed by atoms with Crippen LogP contribution in [0.2, 0.25) is 0 Å². The van der Waals surface area contributed by atoms with Gasteiger partial charge in [0.15, 0.2) is 5.82 Å². The van der Waals surface area contributed by atoms with Crippen molar-refractivity contribution < 1.29 is 9.59 Å². The Kier molecular flexibility index (Phi) is 12.2. The molecule has 0 radical (unpaired) electrons. The Balaban J connectivity index is 0. The lowest BCUT2D eigenvalue weighted by Gasteiger charge is -1.64. The maximum absolute atomic E-state index is 8.58. The average molecular weight is 174 g/mol. The number of amides is 2. The van der Waals surface area contributed by atoms with Crippen molar-refractivity contribution in [2.75, 3.05) is 5.73 Å². The van der Waals surface area contributed by atoms with Gasteiger partial charge < -0.3 is 17.2 Å². The van der Waals surface area contributed by atoms with E-state index < -0.39 is 0 Å². The number of aromatic nitrogens is 3. The number of aromatic amines is 1. The van der Waals surface area contributed by atoms with Crippen LogP contribution in [0.3, 0.4) is 0 Å². The first-order valence-electron chi connectivity index (χ1n) is 2.65. The number of carbonyl (C=O) groups is 2. The molecule has 0 aliphatic rings. The molecule has 8 heteroatoms. The van der Waals surface area contributed by atoms with Gasteiger partial charge in [-0.1, -0.05) is 5.21 Å². The van der Waals surface area contributed by atoms with E-state index >= 15 is 0 Å². The average Bonchev–Trinajstić information content (AvgIpc) is 2.43. The van der Waals surface area contributed by atoms with Crippen LogP contribution in [0.15, 0.2) is 6.20 Å². The van der Waals surface area contributed by atoms with E-state index in [0.717, 1.165) is 0 Å². The Hall–Kier alpha value is -2.12. The minimum atomic E-state index is 0.250. The van der Waals surface area contributed by atoms with E-state index in [1.165, 1.54) is 6.20 Å². The molecular formula is C4H10N6O2. The van der Waals surface area contributed by atoms with E-state index in [4.69, 9.17) is 15.3 Å². The molecule has 1 heterocycles. The lowest BCUT2D eigenvalue weighted by molar-refractivity contribution is -0.107. The van der Waals surface area contributed by atoms with Crippen LogP contribution in [-0.2, 0) is 9.59 Å². The Morgan fingerprint density at radius 3 is 1.83 bits per heavy atom. The SMILES string of the molecule is NC=O.NC=O.Nc1c[nH]nn1. The van der Waals surface area contributed by atoms with Crippen molar-refractivity contribution in [3.8, 4) is 0 Å². The van der Waals surface area contributed by atoms with Crippen LogP contribution in [0.4, 0.5) is 5.82 Å². The van der Waals surface area contributed by atoms with Crippen molar-refractivity contribution in [3.63, 3.8) is 0 Å². The van der Waals surface area contributed by atoms with Crippen molar-refractivity contribution >= 4 is 18.6 Å². The summed E-state index contributed by atoms with van der Waals surface area (Å²) in [5, 5.41) is 9.15. The third-order valence-corrected chi connectivity index (χ3v) is 0.436. The zero-order valence-electron chi connectivity index (χ0n) is 6.18. The molecule has 0 aliphatic carbocycles. The standard InChI is InChI=1S/C2H4N4.2CH3NO/c3-2-1-4-6-5-2;2*2-1-3/h1H,(H3,3,4,5,6);2*1H,(H2,2,3). The molecule has 0 unspecified atom stereocenters. The zero-order chi connectivity index (χ0) is 9.82. The highest BCUT2D eigenvalue weighted by Gasteiger charge is 1.76. The van der Waals surface area contributed by atoms with Gasteiger partial charge in [-0.25, -0.2) is 0 Å². The van der Waals surface area contributed by atoms with Crippen LogP contribution in [0, 0.1) is 0 Å². The van der Waals surface area contributed by atoms with Crippen LogP contribution in [-0.4, -0.2) is 28.2 Å². The number of H-pyrrole nitrogens is 1. The summed E-state index contributed by atoms with van der Waals surface area (Å²) in [7, 11) is 0. The minimum Gasteiger partial charge on any atom is -0.381 e. The number of anilines is 1. The van der Waals surface area contributed by atoms with Gasteiger partial charge in [0.1, 0.15) is 0 Å². The van der Waals surface area contributed by atoms with E-state index in [-0.39, 0.29) is 12.8 Å². The number of carbonyl (C=O) groups excluding carboxylic acids is 2. The second-order valence-electron chi connectivity index (χ2n) is 1.17. The summed E-state index contributed by atoms with van der Waals surface area (Å²) < 4.78 is 0. The Morgan fingerprint density at radius 2 is 1.75 bits per heavy atom. The molecule has 0 aromatic carbocycles. The van der Waals surface area contributed by atoms with E-state index in [0.29, 0.717) is 5.82 Å². The van der Waals surface area contributed by atoms with Gasteiger partial charge in [-0.2, -0.15) is 0 Å². The molecule has 7 N–H and O–H groups in total. The maximum atomic E-state index is 8.58. The molecule has 0 bridgehead atoms. The number of nitrogen functional groups attached to an aromatic ring is 1. The highest BCUT2D eigenvalue weighted by Crippen LogP contribution is 1.81. The maximum Gasteiger partial charge on any atom is 0.204 e. The van der Waals surface area contributed by atoms with Crippen LogP contribution in [0.25, 0.3) is 0 Å². The van der Waals surface area contributed by atoms with Gasteiger partial charge in [0.2, 0.25) is 12.8 Å². The zero-order valence-corrected chi connectivity index (χ0v) is 6.18. The molecule has 0 aliphatic heterocycles. The predicted octanol–water partition coefficient (Wildman–Crippen LogP) is -2.41. The summed E-state index contributed by atoms with van der Waals surface area (Å²) >= 11 is 0. The molecule has 1 aromatic heterocycles. The Labute approximate surface area is 68.1 Å². The molecule has 0 atom stereocenters. The van der Waals surface area contributed by atoms with Crippen LogP contribution >= 0.6 is 0 Å². The van der Waals surface area contributed by atoms with Crippen molar-refractivity contribution in [3.05, 3.63) is 6.20 Å². The molecule has 1 rings (SSSR count). The second kappa shape index (κ2) is 11.6.